The lowest BCUT2D eigenvalue weighted by Crippen LogP contribution is -2.50. The highest BCUT2D eigenvalue weighted by molar-refractivity contribution is 5.99. The Bertz CT molecular complexity index is 1280. The van der Waals surface area contributed by atoms with Crippen LogP contribution in [-0.4, -0.2) is 57.6 Å². The molecular weight excluding hydrogens is 440 g/mol. The molecule has 9 heteroatoms. The third-order valence-electron chi connectivity index (χ3n) is 8.78. The molecule has 3 aliphatic heterocycles. The molecule has 1 amide bonds. The maximum atomic E-state index is 12.6. The second-order valence-corrected chi connectivity index (χ2v) is 10.9. The molecule has 3 atom stereocenters. The standard InChI is InChI=1S/C26H32N8O/c1-16-10-27-12-20-8-18(16)14-33(20)19-4-5-22(28-13-19)31-25-29-11-17-9-21-24(35)30-15-26(6-2-3-7-26)34(21)23(17)32-25/h4-5,9,11,13,16,18,20,27H,2-3,6-8,10,12,14-15H2,1H3,(H,30,35)(H,28,29,31,32)/t16-,18?,20-/m1/s1. The predicted octanol–water partition coefficient (Wildman–Crippen LogP) is 3.02. The van der Waals surface area contributed by atoms with Gasteiger partial charge in [0.1, 0.15) is 17.2 Å². The molecule has 35 heavy (non-hydrogen) atoms. The molecule has 3 aromatic rings. The van der Waals surface area contributed by atoms with Gasteiger partial charge >= 0.3 is 0 Å². The molecule has 1 spiro atoms. The summed E-state index contributed by atoms with van der Waals surface area (Å²) >= 11 is 0. The Balaban J connectivity index is 1.16. The van der Waals surface area contributed by atoms with Gasteiger partial charge in [0.2, 0.25) is 5.95 Å². The summed E-state index contributed by atoms with van der Waals surface area (Å²) in [5, 5.41) is 10.9. The molecule has 0 radical (unpaired) electrons. The molecule has 3 aromatic heterocycles. The number of anilines is 3. The van der Waals surface area contributed by atoms with Crippen LogP contribution in [0.3, 0.4) is 0 Å². The van der Waals surface area contributed by atoms with Gasteiger partial charge in [0.25, 0.3) is 5.91 Å². The van der Waals surface area contributed by atoms with Gasteiger partial charge in [0.05, 0.1) is 17.4 Å². The van der Waals surface area contributed by atoms with E-state index < -0.39 is 0 Å². The Kier molecular flexibility index (Phi) is 4.77. The van der Waals surface area contributed by atoms with E-state index in [2.05, 4.69) is 48.4 Å². The number of hydrogen-bond acceptors (Lipinski definition) is 7. The van der Waals surface area contributed by atoms with E-state index in [0.29, 0.717) is 30.1 Å². The summed E-state index contributed by atoms with van der Waals surface area (Å²) in [6.45, 7) is 6.29. The van der Waals surface area contributed by atoms with E-state index in [0.717, 1.165) is 55.2 Å². The minimum absolute atomic E-state index is 0.0287. The third kappa shape index (κ3) is 3.39. The highest BCUT2D eigenvalue weighted by Gasteiger charge is 2.43. The van der Waals surface area contributed by atoms with Gasteiger partial charge in [0.15, 0.2) is 0 Å². The van der Waals surface area contributed by atoms with Gasteiger partial charge in [0, 0.05) is 37.3 Å². The molecule has 0 aromatic carbocycles. The van der Waals surface area contributed by atoms with Crippen LogP contribution in [-0.2, 0) is 5.54 Å². The van der Waals surface area contributed by atoms with Crippen LogP contribution < -0.4 is 20.9 Å². The van der Waals surface area contributed by atoms with E-state index in [1.54, 1.807) is 0 Å². The van der Waals surface area contributed by atoms with Crippen LogP contribution in [0.1, 0.15) is 49.5 Å². The van der Waals surface area contributed by atoms with E-state index in [4.69, 9.17) is 4.98 Å². The van der Waals surface area contributed by atoms with Gasteiger partial charge in [-0.05, 0) is 55.8 Å². The minimum atomic E-state index is -0.0738. The van der Waals surface area contributed by atoms with Crippen molar-refractivity contribution < 1.29 is 4.79 Å². The number of rotatable bonds is 3. The summed E-state index contributed by atoms with van der Waals surface area (Å²) in [7, 11) is 0. The molecule has 3 fully saturated rings. The highest BCUT2D eigenvalue weighted by Crippen LogP contribution is 2.41. The average Bonchev–Trinajstić information content (AvgIpc) is 3.57. The molecule has 6 heterocycles. The summed E-state index contributed by atoms with van der Waals surface area (Å²) < 4.78 is 2.18. The maximum Gasteiger partial charge on any atom is 0.268 e. The first-order valence-corrected chi connectivity index (χ1v) is 13.0. The van der Waals surface area contributed by atoms with Crippen molar-refractivity contribution in [2.75, 3.05) is 36.4 Å². The molecule has 1 aliphatic carbocycles. The van der Waals surface area contributed by atoms with Gasteiger partial charge in [-0.15, -0.1) is 0 Å². The fraction of sp³-hybridized carbons (Fsp3) is 0.538. The molecule has 4 aliphatic rings. The number of carbonyl (C=O) groups is 1. The fourth-order valence-electron chi connectivity index (χ4n) is 6.81. The summed E-state index contributed by atoms with van der Waals surface area (Å²) in [6, 6.07) is 6.62. The first-order chi connectivity index (χ1) is 17.1. The molecular formula is C26H32N8O. The van der Waals surface area contributed by atoms with E-state index >= 15 is 0 Å². The van der Waals surface area contributed by atoms with Gasteiger partial charge in [-0.1, -0.05) is 19.8 Å². The Morgan fingerprint density at radius 1 is 1.14 bits per heavy atom. The van der Waals surface area contributed by atoms with Crippen molar-refractivity contribution in [1.82, 2.24) is 30.2 Å². The Morgan fingerprint density at radius 3 is 2.86 bits per heavy atom. The number of hydrogen-bond donors (Lipinski definition) is 3. The lowest BCUT2D eigenvalue weighted by atomic mass is 9.93. The minimum Gasteiger partial charge on any atom is -0.366 e. The van der Waals surface area contributed by atoms with Crippen LogP contribution in [0.15, 0.2) is 30.6 Å². The lowest BCUT2D eigenvalue weighted by molar-refractivity contribution is 0.0876. The Morgan fingerprint density at radius 2 is 2.03 bits per heavy atom. The number of aromatic nitrogens is 4. The van der Waals surface area contributed by atoms with Crippen molar-refractivity contribution in [2.24, 2.45) is 11.8 Å². The van der Waals surface area contributed by atoms with E-state index in [1.165, 1.54) is 24.9 Å². The molecule has 2 bridgehead atoms. The zero-order chi connectivity index (χ0) is 23.6. The topological polar surface area (TPSA) is 100 Å². The summed E-state index contributed by atoms with van der Waals surface area (Å²) in [4.78, 5) is 29.2. The number of pyridine rings is 1. The first-order valence-electron chi connectivity index (χ1n) is 13.0. The second kappa shape index (κ2) is 7.91. The maximum absolute atomic E-state index is 12.6. The van der Waals surface area contributed by atoms with Crippen LogP contribution in [0.25, 0.3) is 11.0 Å². The summed E-state index contributed by atoms with van der Waals surface area (Å²) in [5.41, 5.74) is 2.62. The summed E-state index contributed by atoms with van der Waals surface area (Å²) in [6.07, 6.45) is 9.49. The van der Waals surface area contributed by atoms with Crippen molar-refractivity contribution in [3.05, 3.63) is 36.3 Å². The highest BCUT2D eigenvalue weighted by atomic mass is 16.2. The zero-order valence-corrected chi connectivity index (χ0v) is 20.1. The van der Waals surface area contributed by atoms with E-state index in [9.17, 15) is 4.79 Å². The van der Waals surface area contributed by atoms with E-state index in [-0.39, 0.29) is 11.4 Å². The van der Waals surface area contributed by atoms with E-state index in [1.807, 2.05) is 24.5 Å². The van der Waals surface area contributed by atoms with Crippen molar-refractivity contribution >= 4 is 34.4 Å². The predicted molar refractivity (Wildman–Crippen MR) is 135 cm³/mol. The molecule has 3 N–H and O–H groups in total. The monoisotopic (exact) mass is 472 g/mol. The van der Waals surface area contributed by atoms with Gasteiger partial charge in [-0.25, -0.2) is 9.97 Å². The molecule has 2 saturated heterocycles. The smallest absolute Gasteiger partial charge is 0.268 e. The first kappa shape index (κ1) is 21.1. The van der Waals surface area contributed by atoms with Crippen LogP contribution in [0, 0.1) is 11.8 Å². The normalized spacial score (nSPS) is 27.2. The second-order valence-electron chi connectivity index (χ2n) is 10.9. The number of carbonyl (C=O) groups excluding carboxylic acids is 1. The van der Waals surface area contributed by atoms with Gasteiger partial charge in [-0.2, -0.15) is 4.98 Å². The summed E-state index contributed by atoms with van der Waals surface area (Å²) in [5.74, 6) is 2.65. The SMILES string of the molecule is C[C@@H]1CNC[C@H]2CC1CN2c1ccc(Nc2ncc3cc4n(c3n2)C2(CCCC2)CNC4=O)nc1. The molecule has 1 unspecified atom stereocenters. The van der Waals surface area contributed by atoms with Crippen LogP contribution >= 0.6 is 0 Å². The molecule has 9 nitrogen and oxygen atoms in total. The van der Waals surface area contributed by atoms with Crippen LogP contribution in [0.4, 0.5) is 17.5 Å². The molecule has 1 saturated carbocycles. The van der Waals surface area contributed by atoms with Crippen LogP contribution in [0.5, 0.6) is 0 Å². The molecule has 7 rings (SSSR count). The largest absolute Gasteiger partial charge is 0.366 e. The quantitative estimate of drug-likeness (QED) is 0.539. The zero-order valence-electron chi connectivity index (χ0n) is 20.1. The Labute approximate surface area is 204 Å². The number of fused-ring (bicyclic) bond motifs is 6. The lowest BCUT2D eigenvalue weighted by Gasteiger charge is -2.37. The van der Waals surface area contributed by atoms with Gasteiger partial charge < -0.3 is 25.4 Å². The average molecular weight is 473 g/mol. The number of nitrogens with zero attached hydrogens (tertiary/aromatic N) is 5. The van der Waals surface area contributed by atoms with Crippen molar-refractivity contribution in [2.45, 2.75) is 50.6 Å². The third-order valence-corrected chi connectivity index (χ3v) is 8.78. The number of amides is 1. The van der Waals surface area contributed by atoms with Crippen molar-refractivity contribution in [1.29, 1.82) is 0 Å². The van der Waals surface area contributed by atoms with Crippen molar-refractivity contribution in [3.63, 3.8) is 0 Å². The fourth-order valence-corrected chi connectivity index (χ4v) is 6.81. The van der Waals surface area contributed by atoms with Crippen molar-refractivity contribution in [3.8, 4) is 0 Å². The Hall–Kier alpha value is -3.20. The molecule has 182 valence electrons. The number of nitrogens with one attached hydrogen (secondary N) is 3. The van der Waals surface area contributed by atoms with Crippen LogP contribution in [0.2, 0.25) is 0 Å². The van der Waals surface area contributed by atoms with Gasteiger partial charge in [-0.3, -0.25) is 4.79 Å².